The lowest BCUT2D eigenvalue weighted by Crippen LogP contribution is -2.61. The van der Waals surface area contributed by atoms with Gasteiger partial charge in [0.2, 0.25) is 27.7 Å². The molecule has 2 heterocycles. The van der Waals surface area contributed by atoms with Gasteiger partial charge >= 0.3 is 0 Å². The number of aromatic nitrogens is 1. The molecule has 5 rings (SSSR count). The first-order chi connectivity index (χ1) is 23.7. The zero-order chi connectivity index (χ0) is 36.1. The molecule has 1 saturated heterocycles. The Morgan fingerprint density at radius 3 is 2.32 bits per heavy atom. The Kier molecular flexibility index (Phi) is 11.6. The molecule has 5 N–H and O–H groups in total. The minimum atomic E-state index is -4.19. The van der Waals surface area contributed by atoms with Gasteiger partial charge < -0.3 is 21.7 Å². The van der Waals surface area contributed by atoms with Gasteiger partial charge in [-0.15, -0.1) is 0 Å². The fourth-order valence-electron chi connectivity index (χ4n) is 7.09. The number of nitrogens with one attached hydrogen (secondary N) is 3. The van der Waals surface area contributed by atoms with Crippen molar-refractivity contribution in [1.82, 2.24) is 25.2 Å². The molecule has 268 valence electrons. The van der Waals surface area contributed by atoms with Gasteiger partial charge in [0, 0.05) is 24.0 Å². The normalized spacial score (nSPS) is 21.0. The molecule has 0 unspecified atom stereocenters. The standard InChI is InChI=1S/C37H48N6O6S/c1-37(2,3)42-36(47)32-20-26-14-7-8-15-27(26)23-43(32)50(48,49)28(19-24-11-5-4-6-12-24)22-39-34(45)31(21-33(38)44)41-35(46)30-18-17-25-13-9-10-16-29(25)40-30/h4-6,9-13,16-18,26-28,31-32H,7-8,14-15,19-23H2,1-3H3,(H2,38,44)(H,39,45)(H,41,46)(H,42,47)/t26-,27+,28+,31-,32-/m0/s1. The third-order valence-corrected chi connectivity index (χ3v) is 11.8. The second kappa shape index (κ2) is 15.7. The zero-order valence-electron chi connectivity index (χ0n) is 28.9. The van der Waals surface area contributed by atoms with Crippen molar-refractivity contribution in [3.63, 3.8) is 0 Å². The second-order valence-electron chi connectivity index (χ2n) is 14.6. The molecule has 2 aliphatic rings. The number of carbonyl (C=O) groups excluding carboxylic acids is 4. The van der Waals surface area contributed by atoms with Crippen LogP contribution in [0, 0.1) is 11.8 Å². The molecule has 1 aliphatic heterocycles. The van der Waals surface area contributed by atoms with Crippen LogP contribution in [-0.4, -0.2) is 77.3 Å². The summed E-state index contributed by atoms with van der Waals surface area (Å²) >= 11 is 0. The summed E-state index contributed by atoms with van der Waals surface area (Å²) in [5.41, 5.74) is 6.26. The molecule has 12 nitrogen and oxygen atoms in total. The predicted octanol–water partition coefficient (Wildman–Crippen LogP) is 3.06. The molecule has 4 amide bonds. The van der Waals surface area contributed by atoms with E-state index < -0.39 is 57.0 Å². The number of primary amides is 1. The van der Waals surface area contributed by atoms with Crippen LogP contribution in [0.15, 0.2) is 66.7 Å². The molecule has 0 radical (unpaired) electrons. The molecule has 0 spiro atoms. The number of carbonyl (C=O) groups is 4. The summed E-state index contributed by atoms with van der Waals surface area (Å²) in [7, 11) is -4.19. The largest absolute Gasteiger partial charge is 0.370 e. The van der Waals surface area contributed by atoms with Crippen LogP contribution in [0.25, 0.3) is 10.9 Å². The maximum absolute atomic E-state index is 14.7. The maximum atomic E-state index is 14.7. The number of hydrogen-bond donors (Lipinski definition) is 4. The average Bonchev–Trinajstić information content (AvgIpc) is 3.08. The molecule has 2 fully saturated rings. The molecule has 2 aromatic carbocycles. The number of amides is 4. The lowest BCUT2D eigenvalue weighted by molar-refractivity contribution is -0.129. The second-order valence-corrected chi connectivity index (χ2v) is 16.7. The Morgan fingerprint density at radius 2 is 1.62 bits per heavy atom. The van der Waals surface area contributed by atoms with Crippen molar-refractivity contribution in [3.05, 3.63) is 78.0 Å². The van der Waals surface area contributed by atoms with Gasteiger partial charge in [-0.2, -0.15) is 4.31 Å². The van der Waals surface area contributed by atoms with E-state index in [-0.39, 0.29) is 42.9 Å². The Morgan fingerprint density at radius 1 is 0.940 bits per heavy atom. The van der Waals surface area contributed by atoms with Gasteiger partial charge in [-0.3, -0.25) is 19.2 Å². The highest BCUT2D eigenvalue weighted by Gasteiger charge is 2.47. The van der Waals surface area contributed by atoms with E-state index in [2.05, 4.69) is 20.9 Å². The van der Waals surface area contributed by atoms with E-state index in [1.54, 1.807) is 18.2 Å². The van der Waals surface area contributed by atoms with E-state index in [4.69, 9.17) is 5.73 Å². The molecule has 1 aromatic heterocycles. The number of benzene rings is 2. The van der Waals surface area contributed by atoms with Crippen molar-refractivity contribution < 1.29 is 27.6 Å². The Labute approximate surface area is 294 Å². The molecule has 5 atom stereocenters. The monoisotopic (exact) mass is 704 g/mol. The average molecular weight is 705 g/mol. The van der Waals surface area contributed by atoms with Gasteiger partial charge in [0.05, 0.1) is 17.2 Å². The van der Waals surface area contributed by atoms with Crippen LogP contribution in [0.3, 0.4) is 0 Å². The molecule has 3 aromatic rings. The number of piperidine rings is 1. The van der Waals surface area contributed by atoms with E-state index in [0.717, 1.165) is 36.6 Å². The van der Waals surface area contributed by atoms with Gasteiger partial charge in [0.15, 0.2) is 0 Å². The predicted molar refractivity (Wildman–Crippen MR) is 191 cm³/mol. The van der Waals surface area contributed by atoms with E-state index in [1.807, 2.05) is 63.2 Å². The highest BCUT2D eigenvalue weighted by atomic mass is 32.2. The molecule has 50 heavy (non-hydrogen) atoms. The number of rotatable bonds is 12. The summed E-state index contributed by atoms with van der Waals surface area (Å²) in [4.78, 5) is 56.9. The number of fused-ring (bicyclic) bond motifs is 2. The maximum Gasteiger partial charge on any atom is 0.270 e. The third kappa shape index (κ3) is 9.25. The van der Waals surface area contributed by atoms with Crippen molar-refractivity contribution in [3.8, 4) is 0 Å². The Bertz CT molecular complexity index is 1810. The van der Waals surface area contributed by atoms with Gasteiger partial charge in [0.25, 0.3) is 5.91 Å². The lowest BCUT2D eigenvalue weighted by Gasteiger charge is -2.46. The van der Waals surface area contributed by atoms with Gasteiger partial charge in [-0.1, -0.05) is 73.9 Å². The van der Waals surface area contributed by atoms with E-state index in [1.165, 1.54) is 10.4 Å². The van der Waals surface area contributed by atoms with Crippen LogP contribution in [0.5, 0.6) is 0 Å². The first-order valence-corrected chi connectivity index (χ1v) is 18.8. The van der Waals surface area contributed by atoms with Crippen LogP contribution in [-0.2, 0) is 30.8 Å². The van der Waals surface area contributed by atoms with E-state index in [0.29, 0.717) is 11.9 Å². The fraction of sp³-hybridized carbons (Fsp3) is 0.486. The van der Waals surface area contributed by atoms with Gasteiger partial charge in [-0.25, -0.2) is 13.4 Å². The first kappa shape index (κ1) is 36.9. The summed E-state index contributed by atoms with van der Waals surface area (Å²) in [6.45, 7) is 5.49. The zero-order valence-corrected chi connectivity index (χ0v) is 29.7. The van der Waals surface area contributed by atoms with Crippen molar-refractivity contribution in [1.29, 1.82) is 0 Å². The lowest BCUT2D eigenvalue weighted by atomic mass is 9.73. The molecular weight excluding hydrogens is 657 g/mol. The SMILES string of the molecule is CC(C)(C)NC(=O)[C@@H]1C[C@@H]2CCCC[C@@H]2CN1S(=O)(=O)[C@@H](CNC(=O)[C@H](CC(N)=O)NC(=O)c1ccc2ccccc2n1)Cc1ccccc1. The van der Waals surface area contributed by atoms with Crippen LogP contribution in [0.1, 0.15) is 75.3 Å². The van der Waals surface area contributed by atoms with Crippen LogP contribution in [0.4, 0.5) is 0 Å². The van der Waals surface area contributed by atoms with E-state index in [9.17, 15) is 27.6 Å². The minimum absolute atomic E-state index is 0.0428. The highest BCUT2D eigenvalue weighted by Crippen LogP contribution is 2.40. The van der Waals surface area contributed by atoms with Gasteiger partial charge in [-0.05, 0) is 69.6 Å². The van der Waals surface area contributed by atoms with Crippen molar-refractivity contribution in [2.24, 2.45) is 17.6 Å². The third-order valence-electron chi connectivity index (χ3n) is 9.57. The quantitative estimate of drug-likeness (QED) is 0.224. The smallest absolute Gasteiger partial charge is 0.270 e. The number of nitrogens with zero attached hydrogens (tertiary/aromatic N) is 2. The molecule has 1 aliphatic carbocycles. The van der Waals surface area contributed by atoms with Gasteiger partial charge in [0.1, 0.15) is 17.8 Å². The summed E-state index contributed by atoms with van der Waals surface area (Å²) in [6.07, 6.45) is 3.92. The summed E-state index contributed by atoms with van der Waals surface area (Å²) in [6, 6.07) is 17.3. The topological polar surface area (TPSA) is 181 Å². The number of hydrogen-bond acceptors (Lipinski definition) is 7. The molecular formula is C37H48N6O6S. The number of pyridine rings is 1. The number of nitrogens with two attached hydrogens (primary N) is 1. The summed E-state index contributed by atoms with van der Waals surface area (Å²) < 4.78 is 30.8. The number of para-hydroxylation sites is 1. The van der Waals surface area contributed by atoms with Crippen LogP contribution < -0.4 is 21.7 Å². The van der Waals surface area contributed by atoms with Crippen LogP contribution >= 0.6 is 0 Å². The van der Waals surface area contributed by atoms with Crippen molar-refractivity contribution in [2.45, 2.75) is 88.6 Å². The Hall–Kier alpha value is -4.36. The molecule has 13 heteroatoms. The Balaban J connectivity index is 1.39. The molecule has 0 bridgehead atoms. The van der Waals surface area contributed by atoms with Crippen LogP contribution in [0.2, 0.25) is 0 Å². The summed E-state index contributed by atoms with van der Waals surface area (Å²) in [5.74, 6) is -2.21. The highest BCUT2D eigenvalue weighted by molar-refractivity contribution is 7.89. The van der Waals surface area contributed by atoms with E-state index >= 15 is 0 Å². The first-order valence-electron chi connectivity index (χ1n) is 17.3. The minimum Gasteiger partial charge on any atom is -0.370 e. The summed E-state index contributed by atoms with van der Waals surface area (Å²) in [5, 5.41) is 7.92. The molecule has 1 saturated carbocycles. The fourth-order valence-corrected chi connectivity index (χ4v) is 9.11. The number of sulfonamides is 1. The van der Waals surface area contributed by atoms with Crippen molar-refractivity contribution >= 4 is 44.6 Å². The van der Waals surface area contributed by atoms with Crippen molar-refractivity contribution in [2.75, 3.05) is 13.1 Å².